The van der Waals surface area contributed by atoms with Gasteiger partial charge < -0.3 is 15.6 Å². The Morgan fingerprint density at radius 3 is 2.92 bits per heavy atom. The van der Waals surface area contributed by atoms with Crippen LogP contribution in [-0.2, 0) is 4.74 Å². The number of aromatic hydroxyl groups is 1. The topological polar surface area (TPSA) is 108 Å². The summed E-state index contributed by atoms with van der Waals surface area (Å²) in [5.41, 5.74) is 6.76. The SMILES string of the molecule is Nc1nn(C(=O)c2cnn(C3CCOCC3)c2)c2cc(O)ccc12. The van der Waals surface area contributed by atoms with Gasteiger partial charge in [0.2, 0.25) is 0 Å². The number of fused-ring (bicyclic) bond motifs is 1. The van der Waals surface area contributed by atoms with Crippen molar-refractivity contribution in [1.82, 2.24) is 19.6 Å². The molecule has 0 aliphatic carbocycles. The molecule has 0 radical (unpaired) electrons. The quantitative estimate of drug-likeness (QED) is 0.739. The van der Waals surface area contributed by atoms with Gasteiger partial charge in [0, 0.05) is 30.9 Å². The van der Waals surface area contributed by atoms with Gasteiger partial charge in [0.25, 0.3) is 5.91 Å². The molecule has 1 aliphatic heterocycles. The monoisotopic (exact) mass is 327 g/mol. The van der Waals surface area contributed by atoms with Gasteiger partial charge >= 0.3 is 0 Å². The molecule has 8 nitrogen and oxygen atoms in total. The number of ether oxygens (including phenoxy) is 1. The second kappa shape index (κ2) is 5.64. The van der Waals surface area contributed by atoms with E-state index in [4.69, 9.17) is 10.5 Å². The van der Waals surface area contributed by atoms with E-state index in [2.05, 4.69) is 10.2 Å². The lowest BCUT2D eigenvalue weighted by Gasteiger charge is -2.22. The highest BCUT2D eigenvalue weighted by Crippen LogP contribution is 2.26. The molecule has 0 spiro atoms. The smallest absolute Gasteiger partial charge is 0.281 e. The first-order valence-electron chi connectivity index (χ1n) is 7.77. The maximum Gasteiger partial charge on any atom is 0.281 e. The van der Waals surface area contributed by atoms with E-state index in [1.807, 2.05) is 4.68 Å². The molecule has 0 saturated carbocycles. The van der Waals surface area contributed by atoms with Crippen LogP contribution in [0.15, 0.2) is 30.6 Å². The molecule has 1 saturated heterocycles. The normalized spacial score (nSPS) is 15.8. The predicted octanol–water partition coefficient (Wildman–Crippen LogP) is 1.56. The molecule has 1 fully saturated rings. The predicted molar refractivity (Wildman–Crippen MR) is 86.9 cm³/mol. The number of rotatable bonds is 2. The standard InChI is InChI=1S/C16H17N5O3/c17-15-13-2-1-12(22)7-14(13)21(19-15)16(23)10-8-18-20(9-10)11-3-5-24-6-4-11/h1-2,7-9,11,22H,3-6H2,(H2,17,19). The van der Waals surface area contributed by atoms with Crippen LogP contribution in [0.25, 0.3) is 10.9 Å². The van der Waals surface area contributed by atoms with Crippen molar-refractivity contribution in [3.8, 4) is 5.75 Å². The molecule has 2 aromatic heterocycles. The molecule has 0 bridgehead atoms. The number of hydrogen-bond donors (Lipinski definition) is 2. The van der Waals surface area contributed by atoms with E-state index in [0.717, 1.165) is 12.8 Å². The maximum absolute atomic E-state index is 12.8. The van der Waals surface area contributed by atoms with E-state index in [0.29, 0.717) is 29.7 Å². The van der Waals surface area contributed by atoms with Crippen molar-refractivity contribution in [2.24, 2.45) is 0 Å². The molecule has 24 heavy (non-hydrogen) atoms. The van der Waals surface area contributed by atoms with E-state index in [-0.39, 0.29) is 23.5 Å². The minimum Gasteiger partial charge on any atom is -0.508 e. The second-order valence-corrected chi connectivity index (χ2v) is 5.86. The molecular weight excluding hydrogens is 310 g/mol. The number of carbonyl (C=O) groups is 1. The summed E-state index contributed by atoms with van der Waals surface area (Å²) < 4.78 is 8.36. The van der Waals surface area contributed by atoms with Crippen LogP contribution >= 0.6 is 0 Å². The fraction of sp³-hybridized carbons (Fsp3) is 0.312. The van der Waals surface area contributed by atoms with Crippen LogP contribution < -0.4 is 5.73 Å². The lowest BCUT2D eigenvalue weighted by Crippen LogP contribution is -2.20. The molecular formula is C16H17N5O3. The number of benzene rings is 1. The highest BCUT2D eigenvalue weighted by Gasteiger charge is 2.21. The molecule has 0 amide bonds. The van der Waals surface area contributed by atoms with Gasteiger partial charge in [-0.1, -0.05) is 0 Å². The summed E-state index contributed by atoms with van der Waals surface area (Å²) in [6.45, 7) is 1.40. The number of carbonyl (C=O) groups excluding carboxylic acids is 1. The number of nitrogens with zero attached hydrogens (tertiary/aromatic N) is 4. The minimum atomic E-state index is -0.333. The van der Waals surface area contributed by atoms with E-state index < -0.39 is 0 Å². The number of aromatic nitrogens is 4. The Kier molecular flexibility index (Phi) is 3.46. The number of nitrogen functional groups attached to an aromatic ring is 1. The van der Waals surface area contributed by atoms with Crippen molar-refractivity contribution in [2.75, 3.05) is 18.9 Å². The maximum atomic E-state index is 12.8. The van der Waals surface area contributed by atoms with Gasteiger partial charge in [-0.3, -0.25) is 9.48 Å². The molecule has 0 atom stereocenters. The van der Waals surface area contributed by atoms with Crippen LogP contribution in [-0.4, -0.2) is 43.8 Å². The van der Waals surface area contributed by atoms with Crippen LogP contribution in [0.2, 0.25) is 0 Å². The summed E-state index contributed by atoms with van der Waals surface area (Å²) in [4.78, 5) is 12.8. The van der Waals surface area contributed by atoms with Gasteiger partial charge in [0.05, 0.1) is 23.3 Å². The first kappa shape index (κ1) is 14.7. The summed E-state index contributed by atoms with van der Waals surface area (Å²) >= 11 is 0. The summed E-state index contributed by atoms with van der Waals surface area (Å²) in [5.74, 6) is -0.0369. The lowest BCUT2D eigenvalue weighted by molar-refractivity contribution is 0.0662. The summed E-state index contributed by atoms with van der Waals surface area (Å²) in [7, 11) is 0. The zero-order valence-electron chi connectivity index (χ0n) is 12.9. The first-order chi connectivity index (χ1) is 11.6. The zero-order chi connectivity index (χ0) is 16.7. The Bertz CT molecular complexity index is 908. The molecule has 8 heteroatoms. The number of phenols is 1. The molecule has 4 rings (SSSR count). The molecule has 3 heterocycles. The second-order valence-electron chi connectivity index (χ2n) is 5.86. The van der Waals surface area contributed by atoms with E-state index >= 15 is 0 Å². The van der Waals surface area contributed by atoms with Crippen molar-refractivity contribution in [2.45, 2.75) is 18.9 Å². The van der Waals surface area contributed by atoms with E-state index in [1.165, 1.54) is 23.0 Å². The van der Waals surface area contributed by atoms with Gasteiger partial charge in [-0.25, -0.2) is 0 Å². The van der Waals surface area contributed by atoms with Crippen LogP contribution in [0.4, 0.5) is 5.82 Å². The number of anilines is 1. The number of phenolic OH excluding ortho intramolecular Hbond substituents is 1. The van der Waals surface area contributed by atoms with Crippen molar-refractivity contribution in [3.05, 3.63) is 36.2 Å². The third-order valence-corrected chi connectivity index (χ3v) is 4.30. The largest absolute Gasteiger partial charge is 0.508 e. The third-order valence-electron chi connectivity index (χ3n) is 4.30. The summed E-state index contributed by atoms with van der Waals surface area (Å²) in [6, 6.07) is 4.86. The molecule has 1 aliphatic rings. The van der Waals surface area contributed by atoms with Crippen LogP contribution in [0.3, 0.4) is 0 Å². The lowest BCUT2D eigenvalue weighted by atomic mass is 10.1. The zero-order valence-corrected chi connectivity index (χ0v) is 12.9. The molecule has 3 aromatic rings. The van der Waals surface area contributed by atoms with E-state index in [1.54, 1.807) is 12.3 Å². The third kappa shape index (κ3) is 2.41. The first-order valence-corrected chi connectivity index (χ1v) is 7.77. The van der Waals surface area contributed by atoms with Gasteiger partial charge in [-0.2, -0.15) is 9.78 Å². The van der Waals surface area contributed by atoms with Crippen molar-refractivity contribution in [3.63, 3.8) is 0 Å². The fourth-order valence-electron chi connectivity index (χ4n) is 3.00. The Labute approximate surface area is 137 Å². The number of hydrogen-bond acceptors (Lipinski definition) is 6. The van der Waals surface area contributed by atoms with Gasteiger partial charge in [0.1, 0.15) is 5.75 Å². The van der Waals surface area contributed by atoms with Crippen molar-refractivity contribution in [1.29, 1.82) is 0 Å². The Balaban J connectivity index is 1.69. The Morgan fingerprint density at radius 2 is 2.12 bits per heavy atom. The fourth-order valence-corrected chi connectivity index (χ4v) is 3.00. The number of nitrogens with two attached hydrogens (primary N) is 1. The van der Waals surface area contributed by atoms with Crippen LogP contribution in [0.1, 0.15) is 29.2 Å². The Hall–Kier alpha value is -2.87. The van der Waals surface area contributed by atoms with Crippen LogP contribution in [0.5, 0.6) is 5.75 Å². The highest BCUT2D eigenvalue weighted by atomic mass is 16.5. The van der Waals surface area contributed by atoms with Gasteiger partial charge in [-0.05, 0) is 25.0 Å². The summed E-state index contributed by atoms with van der Waals surface area (Å²) in [5, 5.41) is 18.7. The van der Waals surface area contributed by atoms with E-state index in [9.17, 15) is 9.90 Å². The van der Waals surface area contributed by atoms with Crippen LogP contribution in [0, 0.1) is 0 Å². The molecule has 3 N–H and O–H groups in total. The summed E-state index contributed by atoms with van der Waals surface area (Å²) in [6.07, 6.45) is 5.01. The average molecular weight is 327 g/mol. The molecule has 0 unspecified atom stereocenters. The van der Waals surface area contributed by atoms with Crippen molar-refractivity contribution >= 4 is 22.6 Å². The molecule has 1 aromatic carbocycles. The molecule has 124 valence electrons. The minimum absolute atomic E-state index is 0.0503. The average Bonchev–Trinajstić information content (AvgIpc) is 3.20. The highest BCUT2D eigenvalue weighted by molar-refractivity contribution is 6.03. The van der Waals surface area contributed by atoms with Crippen molar-refractivity contribution < 1.29 is 14.6 Å². The van der Waals surface area contributed by atoms with Gasteiger partial charge in [-0.15, -0.1) is 5.10 Å². The van der Waals surface area contributed by atoms with Gasteiger partial charge in [0.15, 0.2) is 5.82 Å². The Morgan fingerprint density at radius 1 is 1.33 bits per heavy atom.